The Morgan fingerprint density at radius 3 is 3.00 bits per heavy atom. The Morgan fingerprint density at radius 2 is 2.22 bits per heavy atom. The molecule has 0 radical (unpaired) electrons. The monoisotopic (exact) mass is 280 g/mol. The smallest absolute Gasteiger partial charge is 0.306 e. The molecule has 18 heavy (non-hydrogen) atoms. The number of carbonyl (C=O) groups excluding carboxylic acids is 1. The standard InChI is InChI=1S/C14H16O2S2/c1-10(7-14(15)16-2)17-8-11-9-18-13-6-4-3-5-12(11)13/h3-6,9-10H,7-8H2,1-2H3. The zero-order chi connectivity index (χ0) is 13.0. The van der Waals surface area contributed by atoms with Crippen LogP contribution in [0.25, 0.3) is 10.1 Å². The van der Waals surface area contributed by atoms with E-state index in [4.69, 9.17) is 0 Å². The molecule has 0 fully saturated rings. The summed E-state index contributed by atoms with van der Waals surface area (Å²) in [6.45, 7) is 2.07. The lowest BCUT2D eigenvalue weighted by atomic mass is 10.2. The van der Waals surface area contributed by atoms with Crippen molar-refractivity contribution in [1.29, 1.82) is 0 Å². The van der Waals surface area contributed by atoms with Crippen molar-refractivity contribution in [2.24, 2.45) is 0 Å². The van der Waals surface area contributed by atoms with Crippen LogP contribution in [0.3, 0.4) is 0 Å². The van der Waals surface area contributed by atoms with Gasteiger partial charge in [-0.3, -0.25) is 4.79 Å². The number of thioether (sulfide) groups is 1. The van der Waals surface area contributed by atoms with E-state index in [0.717, 1.165) is 5.75 Å². The molecule has 0 N–H and O–H groups in total. The van der Waals surface area contributed by atoms with Crippen molar-refractivity contribution in [3.8, 4) is 0 Å². The molecule has 1 heterocycles. The van der Waals surface area contributed by atoms with Gasteiger partial charge in [0.05, 0.1) is 13.5 Å². The lowest BCUT2D eigenvalue weighted by Crippen LogP contribution is -2.08. The topological polar surface area (TPSA) is 26.3 Å². The zero-order valence-electron chi connectivity index (χ0n) is 10.5. The Labute approximate surface area is 115 Å². The number of fused-ring (bicyclic) bond motifs is 1. The molecular formula is C14H16O2S2. The van der Waals surface area contributed by atoms with Gasteiger partial charge in [-0.05, 0) is 22.4 Å². The van der Waals surface area contributed by atoms with Gasteiger partial charge in [0.15, 0.2) is 0 Å². The predicted octanol–water partition coefficient (Wildman–Crippen LogP) is 4.09. The number of benzene rings is 1. The van der Waals surface area contributed by atoms with E-state index < -0.39 is 0 Å². The molecule has 1 aromatic carbocycles. The van der Waals surface area contributed by atoms with Crippen molar-refractivity contribution in [2.45, 2.75) is 24.3 Å². The number of ether oxygens (including phenoxy) is 1. The third-order valence-corrected chi connectivity index (χ3v) is 4.99. The number of thiophene rings is 1. The number of rotatable bonds is 5. The van der Waals surface area contributed by atoms with Crippen LogP contribution in [0.15, 0.2) is 29.6 Å². The van der Waals surface area contributed by atoms with E-state index in [-0.39, 0.29) is 11.2 Å². The molecule has 0 aliphatic heterocycles. The number of carbonyl (C=O) groups is 1. The van der Waals surface area contributed by atoms with Crippen LogP contribution in [-0.4, -0.2) is 18.3 Å². The summed E-state index contributed by atoms with van der Waals surface area (Å²) in [4.78, 5) is 11.2. The van der Waals surface area contributed by atoms with Gasteiger partial charge in [0, 0.05) is 15.7 Å². The second-order valence-electron chi connectivity index (χ2n) is 4.16. The third kappa shape index (κ3) is 3.27. The molecule has 1 aromatic heterocycles. The van der Waals surface area contributed by atoms with Gasteiger partial charge in [-0.1, -0.05) is 25.1 Å². The predicted molar refractivity (Wildman–Crippen MR) is 79.2 cm³/mol. The minimum atomic E-state index is -0.134. The summed E-state index contributed by atoms with van der Waals surface area (Å²) in [5, 5.41) is 3.83. The van der Waals surface area contributed by atoms with Crippen LogP contribution in [-0.2, 0) is 15.3 Å². The minimum absolute atomic E-state index is 0.134. The minimum Gasteiger partial charge on any atom is -0.469 e. The fourth-order valence-corrected chi connectivity index (χ4v) is 3.78. The Morgan fingerprint density at radius 1 is 1.44 bits per heavy atom. The summed E-state index contributed by atoms with van der Waals surface area (Å²) in [7, 11) is 1.44. The molecule has 2 nitrogen and oxygen atoms in total. The van der Waals surface area contributed by atoms with E-state index >= 15 is 0 Å². The maximum atomic E-state index is 11.2. The van der Waals surface area contributed by atoms with Crippen molar-refractivity contribution in [3.63, 3.8) is 0 Å². The van der Waals surface area contributed by atoms with Gasteiger partial charge >= 0.3 is 5.97 Å². The maximum Gasteiger partial charge on any atom is 0.306 e. The average Bonchev–Trinajstić information content (AvgIpc) is 2.79. The van der Waals surface area contributed by atoms with Crippen LogP contribution in [0, 0.1) is 0 Å². The first kappa shape index (κ1) is 13.4. The Hall–Kier alpha value is -1.00. The molecule has 0 aliphatic carbocycles. The molecule has 96 valence electrons. The number of esters is 1. The van der Waals surface area contributed by atoms with Crippen LogP contribution in [0.2, 0.25) is 0 Å². The molecule has 1 atom stereocenters. The van der Waals surface area contributed by atoms with E-state index in [9.17, 15) is 4.79 Å². The van der Waals surface area contributed by atoms with Crippen molar-refractivity contribution in [1.82, 2.24) is 0 Å². The summed E-state index contributed by atoms with van der Waals surface area (Å²) in [6.07, 6.45) is 0.475. The van der Waals surface area contributed by atoms with Gasteiger partial charge < -0.3 is 4.74 Å². The second kappa shape index (κ2) is 6.25. The van der Waals surface area contributed by atoms with Gasteiger partial charge in [0.25, 0.3) is 0 Å². The van der Waals surface area contributed by atoms with Crippen LogP contribution in [0.5, 0.6) is 0 Å². The molecule has 2 rings (SSSR count). The Bertz CT molecular complexity index is 533. The first-order valence-electron chi connectivity index (χ1n) is 5.84. The fraction of sp³-hybridized carbons (Fsp3) is 0.357. The van der Waals surface area contributed by atoms with Gasteiger partial charge in [-0.2, -0.15) is 11.8 Å². The highest BCUT2D eigenvalue weighted by Gasteiger charge is 2.11. The highest BCUT2D eigenvalue weighted by atomic mass is 32.2. The van der Waals surface area contributed by atoms with Crippen molar-refractivity contribution in [3.05, 3.63) is 35.2 Å². The maximum absolute atomic E-state index is 11.2. The highest BCUT2D eigenvalue weighted by molar-refractivity contribution is 7.99. The number of hydrogen-bond donors (Lipinski definition) is 0. The van der Waals surface area contributed by atoms with Gasteiger partial charge in [-0.25, -0.2) is 0 Å². The molecule has 0 bridgehead atoms. The summed E-state index contributed by atoms with van der Waals surface area (Å²) in [5.41, 5.74) is 1.36. The Balaban J connectivity index is 1.96. The van der Waals surface area contributed by atoms with E-state index in [0.29, 0.717) is 6.42 Å². The molecular weight excluding hydrogens is 264 g/mol. The molecule has 1 unspecified atom stereocenters. The summed E-state index contributed by atoms with van der Waals surface area (Å²) >= 11 is 3.58. The first-order chi connectivity index (χ1) is 8.70. The largest absolute Gasteiger partial charge is 0.469 e. The van der Waals surface area contributed by atoms with E-state index in [1.165, 1.54) is 22.8 Å². The van der Waals surface area contributed by atoms with E-state index in [1.54, 1.807) is 23.1 Å². The van der Waals surface area contributed by atoms with Crippen molar-refractivity contribution in [2.75, 3.05) is 7.11 Å². The highest BCUT2D eigenvalue weighted by Crippen LogP contribution is 2.30. The van der Waals surface area contributed by atoms with E-state index in [2.05, 4.69) is 41.3 Å². The van der Waals surface area contributed by atoms with Crippen molar-refractivity contribution < 1.29 is 9.53 Å². The molecule has 2 aromatic rings. The molecule has 0 saturated heterocycles. The van der Waals surface area contributed by atoms with Crippen LogP contribution in [0.4, 0.5) is 0 Å². The normalized spacial score (nSPS) is 12.6. The summed E-state index contributed by atoms with van der Waals surface area (Å²) < 4.78 is 6.01. The summed E-state index contributed by atoms with van der Waals surface area (Å²) in [6, 6.07) is 8.44. The van der Waals surface area contributed by atoms with Crippen molar-refractivity contribution >= 4 is 39.2 Å². The van der Waals surface area contributed by atoms with Gasteiger partial charge in [0.2, 0.25) is 0 Å². The van der Waals surface area contributed by atoms with Gasteiger partial charge in [0.1, 0.15) is 0 Å². The SMILES string of the molecule is COC(=O)CC(C)SCc1csc2ccccc12. The molecule has 4 heteroatoms. The molecule has 0 spiro atoms. The van der Waals surface area contributed by atoms with E-state index in [1.807, 2.05) is 0 Å². The number of hydrogen-bond acceptors (Lipinski definition) is 4. The summed E-state index contributed by atoms with van der Waals surface area (Å²) in [5.74, 6) is 0.813. The average molecular weight is 280 g/mol. The zero-order valence-corrected chi connectivity index (χ0v) is 12.1. The fourth-order valence-electron chi connectivity index (χ4n) is 1.75. The lowest BCUT2D eigenvalue weighted by molar-refractivity contribution is -0.140. The Kier molecular flexibility index (Phi) is 4.66. The van der Waals surface area contributed by atoms with Crippen LogP contribution >= 0.6 is 23.1 Å². The molecule has 0 saturated carbocycles. The first-order valence-corrected chi connectivity index (χ1v) is 7.77. The van der Waals surface area contributed by atoms with Crippen LogP contribution in [0.1, 0.15) is 18.9 Å². The quantitative estimate of drug-likeness (QED) is 0.772. The third-order valence-electron chi connectivity index (χ3n) is 2.77. The second-order valence-corrected chi connectivity index (χ2v) is 6.50. The molecule has 0 amide bonds. The van der Waals surface area contributed by atoms with Gasteiger partial charge in [-0.15, -0.1) is 11.3 Å². The lowest BCUT2D eigenvalue weighted by Gasteiger charge is -2.09. The van der Waals surface area contributed by atoms with Crippen LogP contribution < -0.4 is 0 Å². The number of methoxy groups -OCH3 is 1. The molecule has 0 aliphatic rings.